The van der Waals surface area contributed by atoms with Crippen molar-refractivity contribution in [2.75, 3.05) is 33.4 Å². The highest BCUT2D eigenvalue weighted by Gasteiger charge is 2.15. The van der Waals surface area contributed by atoms with E-state index in [0.717, 1.165) is 25.2 Å². The molecule has 10 heteroatoms. The second-order valence-electron chi connectivity index (χ2n) is 6.98. The number of ether oxygens (including phenoxy) is 2. The molecule has 10 nitrogen and oxygen atoms in total. The Hall–Kier alpha value is -3.14. The average molecular weight is 434 g/mol. The van der Waals surface area contributed by atoms with Crippen LogP contribution in [0.15, 0.2) is 24.4 Å². The number of hydrogen-bond acceptors (Lipinski definition) is 7. The predicted molar refractivity (Wildman–Crippen MR) is 116 cm³/mol. The van der Waals surface area contributed by atoms with Crippen molar-refractivity contribution in [2.24, 2.45) is 0 Å². The van der Waals surface area contributed by atoms with Crippen LogP contribution in [-0.2, 0) is 17.9 Å². The van der Waals surface area contributed by atoms with Gasteiger partial charge in [0.25, 0.3) is 0 Å². The van der Waals surface area contributed by atoms with E-state index in [2.05, 4.69) is 29.0 Å². The lowest BCUT2D eigenvalue weighted by molar-refractivity contribution is -0.389. The zero-order chi connectivity index (χ0) is 22.8. The lowest BCUT2D eigenvalue weighted by atomic mass is 10.2. The number of rotatable bonds is 13. The number of benzene rings is 1. The molecule has 0 atom stereocenters. The summed E-state index contributed by atoms with van der Waals surface area (Å²) in [4.78, 5) is 28.6. The third-order valence-corrected chi connectivity index (χ3v) is 5.01. The van der Waals surface area contributed by atoms with Gasteiger partial charge >= 0.3 is 5.82 Å². The van der Waals surface area contributed by atoms with Crippen LogP contribution in [0.4, 0.5) is 5.82 Å². The summed E-state index contributed by atoms with van der Waals surface area (Å²) < 4.78 is 12.9. The molecule has 1 aromatic carbocycles. The van der Waals surface area contributed by atoms with Gasteiger partial charge in [0.2, 0.25) is 11.7 Å². The number of nitro groups is 1. The zero-order valence-corrected chi connectivity index (χ0v) is 18.6. The number of nitrogens with one attached hydrogen (secondary N) is 1. The summed E-state index contributed by atoms with van der Waals surface area (Å²) in [6.45, 7) is 9.94. The Morgan fingerprint density at radius 2 is 2.03 bits per heavy atom. The minimum atomic E-state index is -0.548. The maximum absolute atomic E-state index is 12.2. The first-order chi connectivity index (χ1) is 14.9. The lowest BCUT2D eigenvalue weighted by Crippen LogP contribution is -2.28. The molecule has 1 amide bonds. The van der Waals surface area contributed by atoms with E-state index in [1.165, 1.54) is 6.20 Å². The van der Waals surface area contributed by atoms with Crippen molar-refractivity contribution < 1.29 is 19.2 Å². The van der Waals surface area contributed by atoms with Gasteiger partial charge in [0.05, 0.1) is 7.11 Å². The smallest absolute Gasteiger partial charge is 0.381 e. The molecule has 0 aliphatic rings. The van der Waals surface area contributed by atoms with E-state index in [1.54, 1.807) is 18.6 Å². The number of likely N-dealkylation sites (N-methyl/N-ethyl adjacent to an activating group) is 1. The van der Waals surface area contributed by atoms with Crippen molar-refractivity contribution >= 4 is 11.7 Å². The third-order valence-electron chi connectivity index (χ3n) is 5.01. The molecule has 31 heavy (non-hydrogen) atoms. The second-order valence-corrected chi connectivity index (χ2v) is 6.98. The molecule has 0 saturated carbocycles. The van der Waals surface area contributed by atoms with Crippen LogP contribution in [0.3, 0.4) is 0 Å². The molecule has 0 bridgehead atoms. The fraction of sp³-hybridized carbons (Fsp3) is 0.524. The molecule has 0 saturated heterocycles. The first-order valence-corrected chi connectivity index (χ1v) is 10.3. The highest BCUT2D eigenvalue weighted by Crippen LogP contribution is 2.28. The van der Waals surface area contributed by atoms with Crippen LogP contribution in [0.1, 0.15) is 31.7 Å². The average Bonchev–Trinajstić information content (AvgIpc) is 3.15. The minimum absolute atomic E-state index is 0.158. The maximum Gasteiger partial charge on any atom is 0.381 e. The van der Waals surface area contributed by atoms with Gasteiger partial charge in [-0.25, -0.2) is 0 Å². The van der Waals surface area contributed by atoms with Gasteiger partial charge in [0, 0.05) is 33.0 Å². The topological polar surface area (TPSA) is 112 Å². The monoisotopic (exact) mass is 433 g/mol. The summed E-state index contributed by atoms with van der Waals surface area (Å²) in [6, 6.07) is 5.58. The zero-order valence-electron chi connectivity index (χ0n) is 18.6. The molecule has 2 rings (SSSR count). The van der Waals surface area contributed by atoms with E-state index in [0.29, 0.717) is 37.0 Å². The molecular weight excluding hydrogens is 402 g/mol. The molecule has 0 unspecified atom stereocenters. The molecule has 170 valence electrons. The number of carbonyl (C=O) groups is 1. The summed E-state index contributed by atoms with van der Waals surface area (Å²) in [6.07, 6.45) is 1.53. The number of imidazole rings is 1. The van der Waals surface area contributed by atoms with Gasteiger partial charge in [-0.1, -0.05) is 19.9 Å². The van der Waals surface area contributed by atoms with E-state index in [9.17, 15) is 14.9 Å². The van der Waals surface area contributed by atoms with Gasteiger partial charge in [0.15, 0.2) is 11.5 Å². The van der Waals surface area contributed by atoms with Gasteiger partial charge < -0.3 is 34.4 Å². The van der Waals surface area contributed by atoms with E-state index < -0.39 is 4.92 Å². The van der Waals surface area contributed by atoms with Gasteiger partial charge in [-0.3, -0.25) is 4.79 Å². The third kappa shape index (κ3) is 7.25. The maximum atomic E-state index is 12.2. The van der Waals surface area contributed by atoms with Crippen LogP contribution in [0.25, 0.3) is 0 Å². The van der Waals surface area contributed by atoms with Crippen molar-refractivity contribution in [3.05, 3.63) is 45.9 Å². The first kappa shape index (κ1) is 24.1. The summed E-state index contributed by atoms with van der Waals surface area (Å²) in [5.41, 5.74) is 0.885. The highest BCUT2D eigenvalue weighted by molar-refractivity contribution is 5.75. The van der Waals surface area contributed by atoms with E-state index in [-0.39, 0.29) is 18.1 Å². The molecule has 2 aromatic rings. The highest BCUT2D eigenvalue weighted by atomic mass is 16.6. The van der Waals surface area contributed by atoms with Crippen molar-refractivity contribution in [3.8, 4) is 11.5 Å². The van der Waals surface area contributed by atoms with Crippen LogP contribution in [-0.4, -0.2) is 58.6 Å². The number of methoxy groups -OCH3 is 1. The van der Waals surface area contributed by atoms with E-state index in [1.807, 2.05) is 18.2 Å². The fourth-order valence-corrected chi connectivity index (χ4v) is 3.08. The van der Waals surface area contributed by atoms with Gasteiger partial charge in [0.1, 0.15) is 12.8 Å². The molecule has 0 spiro atoms. The number of hydrogen-bond donors (Lipinski definition) is 1. The molecule has 0 fully saturated rings. The van der Waals surface area contributed by atoms with Crippen molar-refractivity contribution in [2.45, 2.75) is 40.3 Å². The number of aromatic nitrogens is 2. The predicted octanol–water partition coefficient (Wildman–Crippen LogP) is 2.54. The number of amides is 1. The summed E-state index contributed by atoms with van der Waals surface area (Å²) >= 11 is 0. The summed E-state index contributed by atoms with van der Waals surface area (Å²) in [7, 11) is 1.58. The number of carbonyl (C=O) groups excluding carboxylic acids is 1. The van der Waals surface area contributed by atoms with Crippen LogP contribution in [0.5, 0.6) is 11.5 Å². The molecule has 1 aromatic heterocycles. The summed E-state index contributed by atoms with van der Waals surface area (Å²) in [5.74, 6) is 1.41. The minimum Gasteiger partial charge on any atom is -0.493 e. The standard InChI is InChI=1S/C21H31N5O5/c1-5-24(6-2)11-12-31-18-8-7-17(13-19(18)30-4)14-22-21(27)9-10-25-15-20(26(28)29)23-16(25)3/h7-8,13,15H,5-6,9-12,14H2,1-4H3,(H,22,27). The van der Waals surface area contributed by atoms with Crippen LogP contribution >= 0.6 is 0 Å². The van der Waals surface area contributed by atoms with Gasteiger partial charge in [-0.15, -0.1) is 0 Å². The SMILES string of the molecule is CCN(CC)CCOc1ccc(CNC(=O)CCn2cc([N+](=O)[O-])nc2C)cc1OC. The molecule has 1 heterocycles. The van der Waals surface area contributed by atoms with Gasteiger partial charge in [-0.05, 0) is 40.7 Å². The Labute approximate surface area is 182 Å². The Bertz CT molecular complexity index is 879. The van der Waals surface area contributed by atoms with E-state index >= 15 is 0 Å². The van der Waals surface area contributed by atoms with Crippen LogP contribution in [0, 0.1) is 17.0 Å². The Morgan fingerprint density at radius 1 is 1.29 bits per heavy atom. The van der Waals surface area contributed by atoms with Crippen LogP contribution < -0.4 is 14.8 Å². The normalized spacial score (nSPS) is 10.9. The van der Waals surface area contributed by atoms with Crippen molar-refractivity contribution in [1.29, 1.82) is 0 Å². The second kappa shape index (κ2) is 11.9. The van der Waals surface area contributed by atoms with Crippen LogP contribution in [0.2, 0.25) is 0 Å². The Balaban J connectivity index is 1.84. The number of aryl methyl sites for hydroxylation is 2. The fourth-order valence-electron chi connectivity index (χ4n) is 3.08. The van der Waals surface area contributed by atoms with Crippen molar-refractivity contribution in [1.82, 2.24) is 19.8 Å². The Morgan fingerprint density at radius 3 is 2.65 bits per heavy atom. The molecule has 0 radical (unpaired) electrons. The molecular formula is C21H31N5O5. The number of nitrogens with zero attached hydrogens (tertiary/aromatic N) is 4. The molecule has 0 aliphatic heterocycles. The molecule has 1 N–H and O–H groups in total. The lowest BCUT2D eigenvalue weighted by Gasteiger charge is -2.19. The quantitative estimate of drug-likeness (QED) is 0.382. The molecule has 0 aliphatic carbocycles. The summed E-state index contributed by atoms with van der Waals surface area (Å²) in [5, 5.41) is 13.6. The van der Waals surface area contributed by atoms with E-state index in [4.69, 9.17) is 9.47 Å². The first-order valence-electron chi connectivity index (χ1n) is 10.3. The Kier molecular flexibility index (Phi) is 9.26. The van der Waals surface area contributed by atoms with Gasteiger partial charge in [-0.2, -0.15) is 0 Å². The van der Waals surface area contributed by atoms with Crippen molar-refractivity contribution in [3.63, 3.8) is 0 Å². The largest absolute Gasteiger partial charge is 0.493 e.